The van der Waals surface area contributed by atoms with Gasteiger partial charge in [-0.05, 0) is 5.69 Å². The van der Waals surface area contributed by atoms with Crippen molar-refractivity contribution in [2.45, 2.75) is 0 Å². The van der Waals surface area contributed by atoms with Gasteiger partial charge in [0, 0.05) is 44.1 Å². The zero-order valence-electron chi connectivity index (χ0n) is 14.6. The van der Waals surface area contributed by atoms with Gasteiger partial charge >= 0.3 is 7.80 Å². The fourth-order valence-electron chi connectivity index (χ4n) is 2.48. The first-order chi connectivity index (χ1) is 13.3. The zero-order chi connectivity index (χ0) is 18.5. The number of pyridine rings is 2. The molecule has 1 unspecified atom stereocenters. The molecule has 0 aliphatic rings. The summed E-state index contributed by atoms with van der Waals surface area (Å²) in [5.41, 5.74) is 2.46. The molecule has 1 radical (unpaired) electrons. The fourth-order valence-corrected chi connectivity index (χ4v) is 3.55. The maximum absolute atomic E-state index is 13.0. The molecule has 0 N–H and O–H groups in total. The molecule has 139 valence electrons. The fraction of sp³-hybridized carbons (Fsp3) is 0. The Hall–Kier alpha value is -2.71. The third-order valence-electron chi connectivity index (χ3n) is 3.74. The van der Waals surface area contributed by atoms with Gasteiger partial charge in [0.25, 0.3) is 10.9 Å². The number of nitrogens with zero attached hydrogens (tertiary/aromatic N) is 2. The smallest absolute Gasteiger partial charge is 0.454 e. The summed E-state index contributed by atoms with van der Waals surface area (Å²) in [6.07, 6.45) is 0. The third kappa shape index (κ3) is 4.76. The Bertz CT molecular complexity index is 1080. The summed E-state index contributed by atoms with van der Waals surface area (Å²) in [6.45, 7) is 0. The summed E-state index contributed by atoms with van der Waals surface area (Å²) in [5.74, 6) is 0.919. The van der Waals surface area contributed by atoms with Crippen LogP contribution in [0.2, 0.25) is 0 Å². The average Bonchev–Trinajstić information content (AvgIpc) is 2.75. The van der Waals surface area contributed by atoms with Crippen molar-refractivity contribution in [1.29, 1.82) is 0 Å². The van der Waals surface area contributed by atoms with Crippen molar-refractivity contribution in [3.63, 3.8) is 0 Å². The predicted octanol–water partition coefficient (Wildman–Crippen LogP) is 4.31. The van der Waals surface area contributed by atoms with Gasteiger partial charge in [0.1, 0.15) is 0 Å². The molecule has 4 nitrogen and oxygen atoms in total. The topological polar surface area (TPSA) is 52.1 Å². The number of ether oxygens (including phenoxy) is 1. The third-order valence-corrected chi connectivity index (χ3v) is 5.07. The van der Waals surface area contributed by atoms with Crippen molar-refractivity contribution in [2.24, 2.45) is 0 Å². The van der Waals surface area contributed by atoms with Crippen LogP contribution in [-0.4, -0.2) is 9.97 Å². The number of para-hydroxylation sites is 1. The molecule has 2 heterocycles. The van der Waals surface area contributed by atoms with E-state index in [0.717, 1.165) is 11.3 Å². The minimum Gasteiger partial charge on any atom is -0.466 e. The Balaban J connectivity index is 0.00000225. The Morgan fingerprint density at radius 3 is 2.18 bits per heavy atom. The Kier molecular flexibility index (Phi) is 6.78. The van der Waals surface area contributed by atoms with Gasteiger partial charge in [0.05, 0.1) is 0 Å². The summed E-state index contributed by atoms with van der Waals surface area (Å²) >= 11 is 0. The quantitative estimate of drug-likeness (QED) is 0.269. The van der Waals surface area contributed by atoms with E-state index in [0.29, 0.717) is 22.5 Å². The molecule has 28 heavy (non-hydrogen) atoms. The zero-order valence-corrected chi connectivity index (χ0v) is 17.9. The van der Waals surface area contributed by atoms with Crippen LogP contribution in [0.4, 0.5) is 0 Å². The number of hydrogen-bond donors (Lipinski definition) is 0. The van der Waals surface area contributed by atoms with Crippen molar-refractivity contribution in [3.8, 4) is 22.9 Å². The Morgan fingerprint density at radius 2 is 1.46 bits per heavy atom. The van der Waals surface area contributed by atoms with Crippen LogP contribution in [-0.2, 0) is 24.7 Å². The number of aromatic nitrogens is 2. The molecule has 0 bridgehead atoms. The maximum Gasteiger partial charge on any atom is 0.454 e. The van der Waals surface area contributed by atoms with Crippen molar-refractivity contribution < 1.29 is 29.4 Å². The van der Waals surface area contributed by atoms with E-state index in [1.54, 1.807) is 36.4 Å². The van der Waals surface area contributed by atoms with Crippen molar-refractivity contribution in [3.05, 3.63) is 97.1 Å². The second kappa shape index (κ2) is 9.47. The molecule has 0 spiro atoms. The summed E-state index contributed by atoms with van der Waals surface area (Å²) in [4.78, 5) is 8.90. The molecule has 2 aromatic carbocycles. The normalized spacial score (nSPS) is 10.6. The minimum absolute atomic E-state index is 0. The van der Waals surface area contributed by atoms with Gasteiger partial charge in [-0.3, -0.25) is 4.98 Å². The van der Waals surface area contributed by atoms with Gasteiger partial charge in [0.15, 0.2) is 0 Å². The van der Waals surface area contributed by atoms with Crippen molar-refractivity contribution >= 4 is 18.7 Å². The van der Waals surface area contributed by atoms with Gasteiger partial charge in [-0.15, -0.1) is 48.0 Å². The number of hydrogen-bond acceptors (Lipinski definition) is 4. The Labute approximate surface area is 177 Å². The minimum atomic E-state index is -1.94. The van der Waals surface area contributed by atoms with Crippen LogP contribution in [0.15, 0.2) is 84.9 Å². The van der Waals surface area contributed by atoms with E-state index >= 15 is 0 Å². The molecule has 0 saturated carbocycles. The van der Waals surface area contributed by atoms with E-state index in [4.69, 9.17) is 4.74 Å². The number of rotatable bonds is 5. The van der Waals surface area contributed by atoms with Crippen LogP contribution in [0.25, 0.3) is 11.3 Å². The van der Waals surface area contributed by atoms with E-state index in [1.165, 1.54) is 0 Å². The molecule has 0 amide bonds. The molecule has 0 aliphatic carbocycles. The molecule has 0 fully saturated rings. The van der Waals surface area contributed by atoms with Crippen LogP contribution < -0.4 is 15.6 Å². The van der Waals surface area contributed by atoms with Gasteiger partial charge in [-0.2, -0.15) is 23.2 Å². The van der Waals surface area contributed by atoms with Crippen LogP contribution >= 0.6 is 7.80 Å². The Morgan fingerprint density at radius 1 is 0.750 bits per heavy atom. The van der Waals surface area contributed by atoms with Gasteiger partial charge in [-0.1, -0.05) is 22.8 Å². The van der Waals surface area contributed by atoms with Gasteiger partial charge in [0.2, 0.25) is 5.88 Å². The molecular formula is C22H14IrN2O2P-. The van der Waals surface area contributed by atoms with Crippen molar-refractivity contribution in [1.82, 2.24) is 9.97 Å². The van der Waals surface area contributed by atoms with E-state index in [2.05, 4.69) is 22.1 Å². The predicted molar refractivity (Wildman–Crippen MR) is 105 cm³/mol. The molecule has 4 rings (SSSR count). The van der Waals surface area contributed by atoms with Crippen LogP contribution in [0.1, 0.15) is 0 Å². The first kappa shape index (κ1) is 20.0. The standard InChI is InChI=1S/C22H14N2O2P.Ir/c25-27(21-15-7-13-19(23-21)17-9-3-1-4-10-17)22-16-8-14-20(24-22)26-18-11-5-2-6-12-18;/h1-9,11,13-16H;/q-1;. The van der Waals surface area contributed by atoms with E-state index < -0.39 is 7.80 Å². The van der Waals surface area contributed by atoms with E-state index in [9.17, 15) is 4.57 Å². The first-order valence-electron chi connectivity index (χ1n) is 8.33. The summed E-state index contributed by atoms with van der Waals surface area (Å²) in [5, 5.41) is 0. The summed E-state index contributed by atoms with van der Waals surface area (Å²) in [6, 6.07) is 31.6. The van der Waals surface area contributed by atoms with E-state index in [-0.39, 0.29) is 20.1 Å². The van der Waals surface area contributed by atoms with Crippen LogP contribution in [0.3, 0.4) is 0 Å². The first-order valence-corrected chi connectivity index (χ1v) is 9.58. The molecular weight excluding hydrogens is 547 g/mol. The second-order valence-corrected chi connectivity index (χ2v) is 7.12. The molecule has 4 aromatic rings. The van der Waals surface area contributed by atoms with Crippen LogP contribution in [0.5, 0.6) is 11.6 Å². The largest absolute Gasteiger partial charge is 0.466 e. The molecule has 0 saturated heterocycles. The summed E-state index contributed by atoms with van der Waals surface area (Å²) < 4.78 is 18.7. The molecule has 1 atom stereocenters. The molecule has 2 aromatic heterocycles. The van der Waals surface area contributed by atoms with Gasteiger partial charge in [-0.25, -0.2) is 0 Å². The van der Waals surface area contributed by atoms with Crippen molar-refractivity contribution in [2.75, 3.05) is 0 Å². The summed E-state index contributed by atoms with van der Waals surface area (Å²) in [7, 11) is -1.94. The van der Waals surface area contributed by atoms with E-state index in [1.807, 2.05) is 48.5 Å². The second-order valence-electron chi connectivity index (χ2n) is 5.61. The SMILES string of the molecule is O=[P+](c1cccc(Oc2[c-]cccc2)n1)c1cccc(-c2[c-]cccc2)n1.[Ir]. The monoisotopic (exact) mass is 562 g/mol. The molecule has 6 heteroatoms. The molecule has 0 aliphatic heterocycles. The maximum atomic E-state index is 13.0. The average molecular weight is 562 g/mol. The van der Waals surface area contributed by atoms with Gasteiger partial charge < -0.3 is 4.74 Å². The number of benzene rings is 2. The van der Waals surface area contributed by atoms with Crippen LogP contribution in [0, 0.1) is 12.1 Å².